The van der Waals surface area contributed by atoms with Crippen molar-refractivity contribution in [1.29, 1.82) is 5.26 Å². The number of hydrogen-bond acceptors (Lipinski definition) is 2. The smallest absolute Gasteiger partial charge is 0.165 e. The highest BCUT2D eigenvalue weighted by atomic mass is 79.9. The lowest BCUT2D eigenvalue weighted by atomic mass is 9.89. The van der Waals surface area contributed by atoms with Crippen molar-refractivity contribution in [3.63, 3.8) is 0 Å². The molecule has 0 unspecified atom stereocenters. The predicted molar refractivity (Wildman–Crippen MR) is 42.8 cm³/mol. The zero-order valence-electron chi connectivity index (χ0n) is 6.31. The summed E-state index contributed by atoms with van der Waals surface area (Å²) in [5.41, 5.74) is -0.427. The quantitative estimate of drug-likeness (QED) is 0.612. The van der Waals surface area contributed by atoms with Crippen LogP contribution in [0.1, 0.15) is 20.8 Å². The maximum atomic E-state index is 11.1. The Morgan fingerprint density at radius 3 is 2.10 bits per heavy atom. The molecule has 0 aliphatic rings. The fraction of sp³-hybridized carbons (Fsp3) is 0.714. The molecule has 0 bridgehead atoms. The number of halogens is 1. The van der Waals surface area contributed by atoms with Gasteiger partial charge in [0.1, 0.15) is 0 Å². The van der Waals surface area contributed by atoms with E-state index in [4.69, 9.17) is 5.26 Å². The summed E-state index contributed by atoms with van der Waals surface area (Å²) in [5, 5.41) is 8.35. The number of ketones is 1. The van der Waals surface area contributed by atoms with Gasteiger partial charge in [-0.2, -0.15) is 5.26 Å². The molecule has 0 aromatic carbocycles. The largest absolute Gasteiger partial charge is 0.297 e. The van der Waals surface area contributed by atoms with Crippen LogP contribution in [0.15, 0.2) is 0 Å². The molecule has 56 valence electrons. The second-order valence-corrected chi connectivity index (χ2v) is 4.02. The predicted octanol–water partition coefficient (Wildman–Crippen LogP) is 1.89. The second-order valence-electron chi connectivity index (χ2n) is 3.11. The summed E-state index contributed by atoms with van der Waals surface area (Å²) < 4.78 is 0. The van der Waals surface area contributed by atoms with Crippen molar-refractivity contribution < 1.29 is 4.79 Å². The van der Waals surface area contributed by atoms with Gasteiger partial charge >= 0.3 is 0 Å². The molecule has 0 aliphatic carbocycles. The first kappa shape index (κ1) is 9.64. The van der Waals surface area contributed by atoms with Crippen LogP contribution in [0.5, 0.6) is 0 Å². The molecule has 0 aliphatic heterocycles. The Morgan fingerprint density at radius 2 is 2.00 bits per heavy atom. The van der Waals surface area contributed by atoms with Gasteiger partial charge in [-0.3, -0.25) is 4.79 Å². The molecule has 0 aromatic heterocycles. The van der Waals surface area contributed by atoms with E-state index < -0.39 is 10.2 Å². The third-order valence-corrected chi connectivity index (χ3v) is 1.70. The Labute approximate surface area is 69.4 Å². The summed E-state index contributed by atoms with van der Waals surface area (Å²) in [4.78, 5) is 10.5. The second kappa shape index (κ2) is 3.16. The molecule has 0 saturated carbocycles. The van der Waals surface area contributed by atoms with Gasteiger partial charge in [0.2, 0.25) is 0 Å². The van der Waals surface area contributed by atoms with E-state index in [1.54, 1.807) is 20.8 Å². The molecule has 0 radical (unpaired) electrons. The van der Waals surface area contributed by atoms with E-state index in [-0.39, 0.29) is 5.78 Å². The zero-order chi connectivity index (χ0) is 8.36. The van der Waals surface area contributed by atoms with E-state index in [9.17, 15) is 4.79 Å². The lowest BCUT2D eigenvalue weighted by Crippen LogP contribution is -2.27. The van der Waals surface area contributed by atoms with Crippen LogP contribution < -0.4 is 0 Å². The monoisotopic (exact) mass is 203 g/mol. The van der Waals surface area contributed by atoms with Crippen LogP contribution in [-0.2, 0) is 4.79 Å². The highest BCUT2D eigenvalue weighted by Crippen LogP contribution is 2.19. The van der Waals surface area contributed by atoms with E-state index in [2.05, 4.69) is 15.9 Å². The first-order valence-electron chi connectivity index (χ1n) is 2.97. The summed E-state index contributed by atoms with van der Waals surface area (Å²) in [6, 6.07) is 1.84. The van der Waals surface area contributed by atoms with Crippen LogP contribution in [0, 0.1) is 16.7 Å². The molecule has 10 heavy (non-hydrogen) atoms. The number of Topliss-reactive ketones (excluding diaryl/α,β-unsaturated/α-hetero) is 1. The minimum Gasteiger partial charge on any atom is -0.297 e. The SMILES string of the molecule is CC(C)(C)C(=O)[C@@H](Br)C#N. The number of carbonyl (C=O) groups excluding carboxylic acids is 1. The average Bonchev–Trinajstić information content (AvgIpc) is 1.83. The van der Waals surface area contributed by atoms with Crippen LogP contribution in [0.25, 0.3) is 0 Å². The van der Waals surface area contributed by atoms with Gasteiger partial charge in [0.05, 0.1) is 6.07 Å². The molecule has 2 nitrogen and oxygen atoms in total. The average molecular weight is 204 g/mol. The summed E-state index contributed by atoms with van der Waals surface area (Å²) in [6.07, 6.45) is 0. The van der Waals surface area contributed by atoms with Gasteiger partial charge in [-0.15, -0.1) is 0 Å². The number of rotatable bonds is 1. The van der Waals surface area contributed by atoms with Crippen molar-refractivity contribution in [2.24, 2.45) is 5.41 Å². The van der Waals surface area contributed by atoms with Crippen LogP contribution in [0.4, 0.5) is 0 Å². The molecule has 0 rings (SSSR count). The number of nitrogens with zero attached hydrogens (tertiary/aromatic N) is 1. The molecule has 0 heterocycles. The molecule has 0 N–H and O–H groups in total. The molecule has 0 fully saturated rings. The highest BCUT2D eigenvalue weighted by Gasteiger charge is 2.27. The van der Waals surface area contributed by atoms with E-state index in [1.165, 1.54) is 0 Å². The number of alkyl halides is 1. The summed E-state index contributed by atoms with van der Waals surface area (Å²) in [5.74, 6) is -0.0741. The maximum Gasteiger partial charge on any atom is 0.165 e. The van der Waals surface area contributed by atoms with E-state index >= 15 is 0 Å². The molecular formula is C7H10BrNO. The Balaban J connectivity index is 4.27. The molecule has 0 spiro atoms. The van der Waals surface area contributed by atoms with E-state index in [1.807, 2.05) is 6.07 Å². The minimum absolute atomic E-state index is 0.0741. The van der Waals surface area contributed by atoms with Crippen molar-refractivity contribution in [3.8, 4) is 6.07 Å². The van der Waals surface area contributed by atoms with Gasteiger partial charge in [-0.05, 0) is 0 Å². The first-order chi connectivity index (χ1) is 4.39. The Morgan fingerprint density at radius 1 is 1.60 bits per heavy atom. The molecule has 0 saturated heterocycles. The molecule has 0 amide bonds. The zero-order valence-corrected chi connectivity index (χ0v) is 7.90. The number of carbonyl (C=O) groups is 1. The van der Waals surface area contributed by atoms with Gasteiger partial charge < -0.3 is 0 Å². The lowest BCUT2D eigenvalue weighted by Gasteiger charge is -2.16. The van der Waals surface area contributed by atoms with Crippen molar-refractivity contribution in [2.45, 2.75) is 25.6 Å². The van der Waals surface area contributed by atoms with E-state index in [0.29, 0.717) is 0 Å². The number of nitriles is 1. The third-order valence-electron chi connectivity index (χ3n) is 1.08. The summed E-state index contributed by atoms with van der Waals surface area (Å²) in [6.45, 7) is 5.38. The third kappa shape index (κ3) is 2.49. The van der Waals surface area contributed by atoms with Crippen molar-refractivity contribution in [2.75, 3.05) is 0 Å². The summed E-state index contributed by atoms with van der Waals surface area (Å²) in [7, 11) is 0. The van der Waals surface area contributed by atoms with Crippen LogP contribution in [0.2, 0.25) is 0 Å². The molecule has 3 heteroatoms. The first-order valence-corrected chi connectivity index (χ1v) is 3.89. The lowest BCUT2D eigenvalue weighted by molar-refractivity contribution is -0.124. The van der Waals surface area contributed by atoms with Crippen LogP contribution in [-0.4, -0.2) is 10.6 Å². The van der Waals surface area contributed by atoms with Crippen molar-refractivity contribution in [1.82, 2.24) is 0 Å². The molecule has 0 aromatic rings. The van der Waals surface area contributed by atoms with Gasteiger partial charge in [0, 0.05) is 5.41 Å². The van der Waals surface area contributed by atoms with Gasteiger partial charge in [-0.1, -0.05) is 36.7 Å². The maximum absolute atomic E-state index is 11.1. The Hall–Kier alpha value is -0.360. The Kier molecular flexibility index (Phi) is 3.04. The fourth-order valence-electron chi connectivity index (χ4n) is 0.439. The Bertz CT molecular complexity index is 175. The van der Waals surface area contributed by atoms with Gasteiger partial charge in [-0.25, -0.2) is 0 Å². The van der Waals surface area contributed by atoms with Gasteiger partial charge in [0.15, 0.2) is 10.6 Å². The van der Waals surface area contributed by atoms with Crippen LogP contribution in [0.3, 0.4) is 0 Å². The standard InChI is InChI=1S/C7H10BrNO/c1-7(2,3)6(10)5(8)4-9/h5H,1-3H3/t5-/m0/s1. The fourth-order valence-corrected chi connectivity index (χ4v) is 1.13. The number of hydrogen-bond donors (Lipinski definition) is 0. The normalized spacial score (nSPS) is 13.9. The topological polar surface area (TPSA) is 40.9 Å². The molecular weight excluding hydrogens is 194 g/mol. The van der Waals surface area contributed by atoms with E-state index in [0.717, 1.165) is 0 Å². The van der Waals surface area contributed by atoms with Crippen LogP contribution >= 0.6 is 15.9 Å². The molecule has 1 atom stereocenters. The summed E-state index contributed by atoms with van der Waals surface area (Å²) >= 11 is 2.97. The van der Waals surface area contributed by atoms with Crippen molar-refractivity contribution in [3.05, 3.63) is 0 Å². The van der Waals surface area contributed by atoms with Crippen molar-refractivity contribution >= 4 is 21.7 Å². The highest BCUT2D eigenvalue weighted by molar-refractivity contribution is 9.10. The van der Waals surface area contributed by atoms with Gasteiger partial charge in [0.25, 0.3) is 0 Å². The minimum atomic E-state index is -0.660.